The summed E-state index contributed by atoms with van der Waals surface area (Å²) in [5.41, 5.74) is 4.66. The van der Waals surface area contributed by atoms with Crippen LogP contribution in [0.1, 0.15) is 46.4 Å². The van der Waals surface area contributed by atoms with E-state index >= 15 is 0 Å². The van der Waals surface area contributed by atoms with Gasteiger partial charge in [-0.05, 0) is 60.4 Å². The van der Waals surface area contributed by atoms with Crippen LogP contribution in [-0.4, -0.2) is 11.8 Å². The summed E-state index contributed by atoms with van der Waals surface area (Å²) in [6.07, 6.45) is 1.22. The standard InChI is InChI=1S/C25H24N2O3/c1-17(20-9-13-23-21(15-20)10-14-24(28)27-23)26-25(29)19-7-11-22(12-8-19)30-16-18-5-3-2-4-6-18/h2-9,11-13,15,17H,10,14,16H2,1H3,(H,26,29)(H,27,28). The van der Waals surface area contributed by atoms with Gasteiger partial charge in [-0.2, -0.15) is 0 Å². The number of carbonyl (C=O) groups is 2. The second-order valence-electron chi connectivity index (χ2n) is 7.46. The molecule has 0 saturated carbocycles. The normalized spacial score (nSPS) is 13.7. The molecule has 3 aromatic carbocycles. The Bertz CT molecular complexity index is 1050. The first-order valence-electron chi connectivity index (χ1n) is 10.1. The molecule has 0 aromatic heterocycles. The van der Waals surface area contributed by atoms with Crippen molar-refractivity contribution in [3.8, 4) is 5.75 Å². The summed E-state index contributed by atoms with van der Waals surface area (Å²) in [7, 11) is 0. The Morgan fingerprint density at radius 1 is 1.03 bits per heavy atom. The quantitative estimate of drug-likeness (QED) is 0.633. The van der Waals surface area contributed by atoms with Crippen molar-refractivity contribution in [3.63, 3.8) is 0 Å². The topological polar surface area (TPSA) is 67.4 Å². The molecule has 1 aliphatic heterocycles. The van der Waals surface area contributed by atoms with E-state index in [9.17, 15) is 9.59 Å². The van der Waals surface area contributed by atoms with Gasteiger partial charge < -0.3 is 15.4 Å². The zero-order chi connectivity index (χ0) is 20.9. The van der Waals surface area contributed by atoms with E-state index in [1.54, 1.807) is 12.1 Å². The highest BCUT2D eigenvalue weighted by Crippen LogP contribution is 2.26. The summed E-state index contributed by atoms with van der Waals surface area (Å²) in [5.74, 6) is 0.635. The van der Waals surface area contributed by atoms with Crippen LogP contribution in [-0.2, 0) is 17.8 Å². The number of amides is 2. The number of hydrogen-bond donors (Lipinski definition) is 2. The van der Waals surface area contributed by atoms with Crippen LogP contribution in [0.25, 0.3) is 0 Å². The molecule has 0 saturated heterocycles. The van der Waals surface area contributed by atoms with Crippen LogP contribution in [0, 0.1) is 0 Å². The third-order valence-electron chi connectivity index (χ3n) is 5.24. The first kappa shape index (κ1) is 19.7. The van der Waals surface area contributed by atoms with E-state index in [2.05, 4.69) is 16.7 Å². The van der Waals surface area contributed by atoms with Crippen molar-refractivity contribution in [2.45, 2.75) is 32.4 Å². The van der Waals surface area contributed by atoms with Crippen LogP contribution in [0.4, 0.5) is 5.69 Å². The first-order chi connectivity index (χ1) is 14.6. The van der Waals surface area contributed by atoms with Crippen LogP contribution in [0.2, 0.25) is 0 Å². The molecule has 5 heteroatoms. The number of hydrogen-bond acceptors (Lipinski definition) is 3. The highest BCUT2D eigenvalue weighted by molar-refractivity contribution is 5.95. The van der Waals surface area contributed by atoms with Crippen molar-refractivity contribution in [2.75, 3.05) is 5.32 Å². The second kappa shape index (κ2) is 8.82. The fourth-order valence-corrected chi connectivity index (χ4v) is 3.48. The van der Waals surface area contributed by atoms with Crippen LogP contribution in [0.3, 0.4) is 0 Å². The largest absolute Gasteiger partial charge is 0.489 e. The molecule has 30 heavy (non-hydrogen) atoms. The molecule has 3 aromatic rings. The molecule has 0 aliphatic carbocycles. The van der Waals surface area contributed by atoms with Gasteiger partial charge in [0.25, 0.3) is 5.91 Å². The van der Waals surface area contributed by atoms with E-state index in [1.807, 2.05) is 61.5 Å². The third kappa shape index (κ3) is 4.69. The number of nitrogens with one attached hydrogen (secondary N) is 2. The minimum atomic E-state index is -0.144. The third-order valence-corrected chi connectivity index (χ3v) is 5.24. The number of anilines is 1. The predicted octanol–water partition coefficient (Wildman–Crippen LogP) is 4.64. The van der Waals surface area contributed by atoms with Crippen LogP contribution < -0.4 is 15.4 Å². The molecule has 1 heterocycles. The van der Waals surface area contributed by atoms with E-state index in [1.165, 1.54) is 0 Å². The molecule has 4 rings (SSSR count). The molecule has 1 aliphatic rings. The molecule has 5 nitrogen and oxygen atoms in total. The molecule has 1 unspecified atom stereocenters. The van der Waals surface area contributed by atoms with Crippen LogP contribution in [0.15, 0.2) is 72.8 Å². The SMILES string of the molecule is CC(NC(=O)c1ccc(OCc2ccccc2)cc1)c1ccc2c(c1)CCC(=O)N2. The summed E-state index contributed by atoms with van der Waals surface area (Å²) >= 11 is 0. The molecular formula is C25H24N2O3. The van der Waals surface area contributed by atoms with Gasteiger partial charge in [-0.15, -0.1) is 0 Å². The maximum absolute atomic E-state index is 12.6. The average Bonchev–Trinajstić information content (AvgIpc) is 2.78. The molecule has 0 radical (unpaired) electrons. The lowest BCUT2D eigenvalue weighted by atomic mass is 9.97. The van der Waals surface area contributed by atoms with Crippen molar-refractivity contribution in [1.82, 2.24) is 5.32 Å². The molecule has 0 bridgehead atoms. The number of aryl methyl sites for hydroxylation is 1. The van der Waals surface area contributed by atoms with Crippen LogP contribution in [0.5, 0.6) is 5.75 Å². The molecule has 2 N–H and O–H groups in total. The maximum Gasteiger partial charge on any atom is 0.251 e. The van der Waals surface area contributed by atoms with Gasteiger partial charge in [0, 0.05) is 17.7 Å². The van der Waals surface area contributed by atoms with Gasteiger partial charge in [-0.1, -0.05) is 42.5 Å². The van der Waals surface area contributed by atoms with Gasteiger partial charge in [-0.3, -0.25) is 9.59 Å². The Balaban J connectivity index is 1.36. The monoisotopic (exact) mass is 400 g/mol. The zero-order valence-electron chi connectivity index (χ0n) is 16.9. The summed E-state index contributed by atoms with van der Waals surface area (Å²) in [6.45, 7) is 2.45. The Kier molecular flexibility index (Phi) is 5.80. The fourth-order valence-electron chi connectivity index (χ4n) is 3.48. The lowest BCUT2D eigenvalue weighted by molar-refractivity contribution is -0.116. The Morgan fingerprint density at radius 2 is 1.80 bits per heavy atom. The zero-order valence-corrected chi connectivity index (χ0v) is 16.9. The summed E-state index contributed by atoms with van der Waals surface area (Å²) in [5, 5.41) is 5.92. The maximum atomic E-state index is 12.6. The van der Waals surface area contributed by atoms with Gasteiger partial charge in [0.1, 0.15) is 12.4 Å². The van der Waals surface area contributed by atoms with Gasteiger partial charge in [0.05, 0.1) is 6.04 Å². The van der Waals surface area contributed by atoms with Gasteiger partial charge in [0.15, 0.2) is 0 Å². The van der Waals surface area contributed by atoms with Crippen molar-refractivity contribution >= 4 is 17.5 Å². The van der Waals surface area contributed by atoms with Gasteiger partial charge in [-0.25, -0.2) is 0 Å². The first-order valence-corrected chi connectivity index (χ1v) is 10.1. The number of fused-ring (bicyclic) bond motifs is 1. The molecule has 2 amide bonds. The number of benzene rings is 3. The highest BCUT2D eigenvalue weighted by atomic mass is 16.5. The average molecular weight is 400 g/mol. The van der Waals surface area contributed by atoms with E-state index in [4.69, 9.17) is 4.74 Å². The van der Waals surface area contributed by atoms with Crippen molar-refractivity contribution in [3.05, 3.63) is 95.1 Å². The summed E-state index contributed by atoms with van der Waals surface area (Å²) in [6, 6.07) is 22.9. The van der Waals surface area contributed by atoms with Crippen molar-refractivity contribution in [2.24, 2.45) is 0 Å². The van der Waals surface area contributed by atoms with E-state index in [-0.39, 0.29) is 17.9 Å². The Hall–Kier alpha value is -3.60. The lowest BCUT2D eigenvalue weighted by Crippen LogP contribution is -2.27. The Morgan fingerprint density at radius 3 is 2.57 bits per heavy atom. The number of rotatable bonds is 6. The van der Waals surface area contributed by atoms with E-state index in [0.29, 0.717) is 18.6 Å². The molecule has 0 fully saturated rings. The molecule has 152 valence electrons. The predicted molar refractivity (Wildman–Crippen MR) is 116 cm³/mol. The molecule has 0 spiro atoms. The minimum absolute atomic E-state index is 0.0489. The highest BCUT2D eigenvalue weighted by Gasteiger charge is 2.17. The van der Waals surface area contributed by atoms with Crippen molar-refractivity contribution < 1.29 is 14.3 Å². The summed E-state index contributed by atoms with van der Waals surface area (Å²) < 4.78 is 5.78. The fraction of sp³-hybridized carbons (Fsp3) is 0.200. The molecular weight excluding hydrogens is 376 g/mol. The van der Waals surface area contributed by atoms with E-state index < -0.39 is 0 Å². The lowest BCUT2D eigenvalue weighted by Gasteiger charge is -2.20. The second-order valence-corrected chi connectivity index (χ2v) is 7.46. The van der Waals surface area contributed by atoms with Gasteiger partial charge >= 0.3 is 0 Å². The smallest absolute Gasteiger partial charge is 0.251 e. The van der Waals surface area contributed by atoms with Gasteiger partial charge in [0.2, 0.25) is 5.91 Å². The molecule has 1 atom stereocenters. The number of carbonyl (C=O) groups excluding carboxylic acids is 2. The summed E-state index contributed by atoms with van der Waals surface area (Å²) in [4.78, 5) is 24.1. The minimum Gasteiger partial charge on any atom is -0.489 e. The van der Waals surface area contributed by atoms with Crippen molar-refractivity contribution in [1.29, 1.82) is 0 Å². The Labute approximate surface area is 176 Å². The van der Waals surface area contributed by atoms with E-state index in [0.717, 1.165) is 34.5 Å². The number of ether oxygens (including phenoxy) is 1. The van der Waals surface area contributed by atoms with Crippen LogP contribution >= 0.6 is 0 Å².